The van der Waals surface area contributed by atoms with Gasteiger partial charge in [0.15, 0.2) is 0 Å². The molecular weight excluding hydrogens is 182 g/mol. The lowest BCUT2D eigenvalue weighted by molar-refractivity contribution is 0.0910. The summed E-state index contributed by atoms with van der Waals surface area (Å²) in [6.45, 7) is -0.370. The predicted molar refractivity (Wildman–Crippen MR) is 52.8 cm³/mol. The third-order valence-electron chi connectivity index (χ3n) is 1.64. The van der Waals surface area contributed by atoms with Crippen molar-refractivity contribution >= 4 is 12.1 Å². The number of hydrogen-bond acceptors (Lipinski definition) is 4. The molecule has 4 N–H and O–H groups in total. The van der Waals surface area contributed by atoms with Gasteiger partial charge in [-0.25, -0.2) is 0 Å². The predicted octanol–water partition coefficient (Wildman–Crippen LogP) is -0.341. The summed E-state index contributed by atoms with van der Waals surface area (Å²) in [5.74, 6) is 4.65. The molecule has 5 nitrogen and oxygen atoms in total. The van der Waals surface area contributed by atoms with E-state index in [-0.39, 0.29) is 12.6 Å². The van der Waals surface area contributed by atoms with Crippen LogP contribution in [0.15, 0.2) is 29.4 Å². The van der Waals surface area contributed by atoms with Crippen LogP contribution in [-0.2, 0) is 0 Å². The lowest BCUT2D eigenvalue weighted by Gasteiger charge is -2.01. The summed E-state index contributed by atoms with van der Waals surface area (Å²) in [4.78, 5) is 11.2. The Labute approximate surface area is 81.2 Å². The van der Waals surface area contributed by atoms with Gasteiger partial charge in [-0.15, -0.1) is 0 Å². The minimum atomic E-state index is -0.370. The first-order valence-corrected chi connectivity index (χ1v) is 4.00. The Bertz CT molecular complexity index is 332. The van der Waals surface area contributed by atoms with Gasteiger partial charge in [0.25, 0.3) is 5.91 Å². The second kappa shape index (κ2) is 4.98. The Morgan fingerprint density at radius 2 is 2.14 bits per heavy atom. The maximum Gasteiger partial charge on any atom is 0.253 e. The van der Waals surface area contributed by atoms with Crippen LogP contribution in [0, 0.1) is 0 Å². The Morgan fingerprint density at radius 3 is 2.64 bits per heavy atom. The van der Waals surface area contributed by atoms with E-state index in [1.165, 1.54) is 6.21 Å². The molecule has 0 saturated carbocycles. The molecular formula is C9H11N3O2. The number of aliphatic hydroxyl groups excluding tert-OH is 1. The van der Waals surface area contributed by atoms with Gasteiger partial charge in [-0.3, -0.25) is 4.79 Å². The van der Waals surface area contributed by atoms with E-state index in [0.29, 0.717) is 5.56 Å². The summed E-state index contributed by atoms with van der Waals surface area (Å²) in [5, 5.41) is 14.1. The lowest BCUT2D eigenvalue weighted by atomic mass is 10.1. The van der Waals surface area contributed by atoms with E-state index in [1.807, 2.05) is 0 Å². The average Bonchev–Trinajstić information content (AvgIpc) is 2.20. The van der Waals surface area contributed by atoms with Crippen LogP contribution >= 0.6 is 0 Å². The normalized spacial score (nSPS) is 10.4. The fraction of sp³-hybridized carbons (Fsp3) is 0.111. The number of benzene rings is 1. The first kappa shape index (κ1) is 10.2. The molecule has 1 rings (SSSR count). The second-order valence-electron chi connectivity index (χ2n) is 2.56. The largest absolute Gasteiger partial charge is 0.376 e. The van der Waals surface area contributed by atoms with Gasteiger partial charge in [-0.05, 0) is 17.7 Å². The number of nitrogens with two attached hydrogens (primary N) is 1. The van der Waals surface area contributed by atoms with Gasteiger partial charge >= 0.3 is 0 Å². The molecule has 74 valence electrons. The van der Waals surface area contributed by atoms with Crippen molar-refractivity contribution in [3.05, 3.63) is 35.4 Å². The summed E-state index contributed by atoms with van der Waals surface area (Å²) >= 11 is 0. The number of nitrogens with zero attached hydrogens (tertiary/aromatic N) is 1. The number of carbonyl (C=O) groups excluding carboxylic acids is 1. The summed E-state index contributed by atoms with van der Waals surface area (Å²) in [6.07, 6.45) is 1.48. The third kappa shape index (κ3) is 2.56. The zero-order valence-electron chi connectivity index (χ0n) is 7.47. The molecule has 0 bridgehead atoms. The summed E-state index contributed by atoms with van der Waals surface area (Å²) in [7, 11) is 0. The molecule has 1 amide bonds. The molecule has 1 aromatic carbocycles. The van der Waals surface area contributed by atoms with Crippen molar-refractivity contribution in [3.63, 3.8) is 0 Å². The van der Waals surface area contributed by atoms with Crippen LogP contribution in [0.3, 0.4) is 0 Å². The quantitative estimate of drug-likeness (QED) is 0.265. The Kier molecular flexibility index (Phi) is 3.63. The minimum absolute atomic E-state index is 0.316. The number of aliphatic hydroxyl groups is 1. The van der Waals surface area contributed by atoms with E-state index < -0.39 is 0 Å². The van der Waals surface area contributed by atoms with Gasteiger partial charge in [0.05, 0.1) is 6.21 Å². The van der Waals surface area contributed by atoms with Crippen LogP contribution in [0.2, 0.25) is 0 Å². The maximum atomic E-state index is 11.2. The van der Waals surface area contributed by atoms with Crippen LogP contribution in [-0.4, -0.2) is 24.0 Å². The monoisotopic (exact) mass is 193 g/mol. The smallest absolute Gasteiger partial charge is 0.253 e. The molecule has 0 aliphatic rings. The summed E-state index contributed by atoms with van der Waals surface area (Å²) < 4.78 is 0. The molecule has 0 saturated heterocycles. The fourth-order valence-corrected chi connectivity index (χ4v) is 0.980. The van der Waals surface area contributed by atoms with Crippen molar-refractivity contribution in [2.45, 2.75) is 0 Å². The Hall–Kier alpha value is -1.88. The lowest BCUT2D eigenvalue weighted by Crippen LogP contribution is -2.23. The van der Waals surface area contributed by atoms with Crippen molar-refractivity contribution < 1.29 is 9.90 Å². The van der Waals surface area contributed by atoms with Gasteiger partial charge in [-0.2, -0.15) is 5.10 Å². The number of nitrogens with one attached hydrogen (secondary N) is 1. The maximum absolute atomic E-state index is 11.2. The molecule has 5 heteroatoms. The number of hydrazone groups is 1. The molecule has 0 heterocycles. The van der Waals surface area contributed by atoms with Crippen molar-refractivity contribution in [3.8, 4) is 0 Å². The summed E-state index contributed by atoms with van der Waals surface area (Å²) in [6, 6.07) is 6.68. The van der Waals surface area contributed by atoms with Crippen LogP contribution < -0.4 is 11.2 Å². The number of carbonyl (C=O) groups is 1. The van der Waals surface area contributed by atoms with Gasteiger partial charge < -0.3 is 16.3 Å². The fourth-order valence-electron chi connectivity index (χ4n) is 0.980. The van der Waals surface area contributed by atoms with Crippen molar-refractivity contribution in [2.75, 3.05) is 6.73 Å². The highest BCUT2D eigenvalue weighted by Gasteiger charge is 2.02. The zero-order valence-corrected chi connectivity index (χ0v) is 7.47. The van der Waals surface area contributed by atoms with Crippen LogP contribution in [0.25, 0.3) is 0 Å². The van der Waals surface area contributed by atoms with Crippen LogP contribution in [0.1, 0.15) is 15.9 Å². The molecule has 1 aromatic rings. The first-order valence-electron chi connectivity index (χ1n) is 4.00. The van der Waals surface area contributed by atoms with Crippen LogP contribution in [0.5, 0.6) is 0 Å². The van der Waals surface area contributed by atoms with Gasteiger partial charge in [0.1, 0.15) is 6.73 Å². The summed E-state index contributed by atoms with van der Waals surface area (Å²) in [5.41, 5.74) is 1.29. The Balaban J connectivity index is 2.77. The molecule has 0 radical (unpaired) electrons. The van der Waals surface area contributed by atoms with E-state index in [4.69, 9.17) is 10.9 Å². The highest BCUT2D eigenvalue weighted by atomic mass is 16.3. The molecule has 0 unspecified atom stereocenters. The first-order chi connectivity index (χ1) is 6.77. The van der Waals surface area contributed by atoms with Crippen molar-refractivity contribution in [2.24, 2.45) is 10.9 Å². The van der Waals surface area contributed by atoms with Gasteiger partial charge in [-0.1, -0.05) is 12.1 Å². The number of rotatable bonds is 3. The highest BCUT2D eigenvalue weighted by Crippen LogP contribution is 2.02. The zero-order chi connectivity index (χ0) is 10.4. The molecule has 0 spiro atoms. The van der Waals surface area contributed by atoms with E-state index in [9.17, 15) is 4.79 Å². The Morgan fingerprint density at radius 1 is 1.50 bits per heavy atom. The van der Waals surface area contributed by atoms with E-state index >= 15 is 0 Å². The van der Waals surface area contributed by atoms with E-state index in [2.05, 4.69) is 10.4 Å². The van der Waals surface area contributed by atoms with Gasteiger partial charge in [0.2, 0.25) is 0 Å². The van der Waals surface area contributed by atoms with E-state index in [0.717, 1.165) is 5.56 Å². The average molecular weight is 193 g/mol. The van der Waals surface area contributed by atoms with Gasteiger partial charge in [0, 0.05) is 5.56 Å². The molecule has 14 heavy (non-hydrogen) atoms. The van der Waals surface area contributed by atoms with Crippen LogP contribution in [0.4, 0.5) is 0 Å². The molecule has 0 aromatic heterocycles. The molecule has 0 aliphatic heterocycles. The SMILES string of the molecule is N/N=C/c1ccc(C(=O)NCO)cc1. The van der Waals surface area contributed by atoms with Crippen molar-refractivity contribution in [1.29, 1.82) is 0 Å². The number of amides is 1. The standard InChI is InChI=1S/C9H11N3O2/c10-12-5-7-1-3-8(4-2-7)9(14)11-6-13/h1-5,13H,6,10H2,(H,11,14)/b12-5+. The number of hydrogen-bond donors (Lipinski definition) is 3. The van der Waals surface area contributed by atoms with E-state index in [1.54, 1.807) is 24.3 Å². The third-order valence-corrected chi connectivity index (χ3v) is 1.64. The molecule has 0 atom stereocenters. The second-order valence-corrected chi connectivity index (χ2v) is 2.56. The minimum Gasteiger partial charge on any atom is -0.376 e. The highest BCUT2D eigenvalue weighted by molar-refractivity contribution is 5.94. The molecule has 0 aliphatic carbocycles. The van der Waals surface area contributed by atoms with Crippen molar-refractivity contribution in [1.82, 2.24) is 5.32 Å². The molecule has 0 fully saturated rings. The topological polar surface area (TPSA) is 87.7 Å².